The van der Waals surface area contributed by atoms with Crippen LogP contribution in [-0.4, -0.2) is 14.1 Å². The first kappa shape index (κ1) is 21.1. The van der Waals surface area contributed by atoms with E-state index in [2.05, 4.69) is 23.6 Å². The summed E-state index contributed by atoms with van der Waals surface area (Å²) < 4.78 is 3.77. The Kier molecular flexibility index (Phi) is 6.14. The van der Waals surface area contributed by atoms with Crippen molar-refractivity contribution in [3.8, 4) is 12.1 Å². The smallest absolute Gasteiger partial charge is 0.278 e. The lowest BCUT2D eigenvalue weighted by molar-refractivity contribution is 0.690. The van der Waals surface area contributed by atoms with Gasteiger partial charge in [0.1, 0.15) is 5.82 Å². The van der Waals surface area contributed by atoms with Gasteiger partial charge in [0.05, 0.1) is 35.3 Å². The van der Waals surface area contributed by atoms with Gasteiger partial charge in [-0.25, -0.2) is 4.98 Å². The second-order valence-corrected chi connectivity index (χ2v) is 7.82. The van der Waals surface area contributed by atoms with Crippen LogP contribution in [0, 0.1) is 22.7 Å². The first-order valence-corrected chi connectivity index (χ1v) is 10.7. The lowest BCUT2D eigenvalue weighted by Gasteiger charge is -2.10. The molecule has 0 radical (unpaired) electrons. The Bertz CT molecular complexity index is 1380. The van der Waals surface area contributed by atoms with Gasteiger partial charge in [0.2, 0.25) is 0 Å². The molecule has 0 aliphatic carbocycles. The molecule has 6 heteroatoms. The third-order valence-corrected chi connectivity index (χ3v) is 5.58. The number of hydrogen-bond acceptors (Lipinski definition) is 4. The average molecular weight is 422 g/mol. The summed E-state index contributed by atoms with van der Waals surface area (Å²) in [5.74, 6) is 0.902. The van der Waals surface area contributed by atoms with Crippen molar-refractivity contribution in [1.29, 1.82) is 10.5 Å². The third kappa shape index (κ3) is 4.31. The Morgan fingerprint density at radius 3 is 2.03 bits per heavy atom. The quantitative estimate of drug-likeness (QED) is 0.443. The van der Waals surface area contributed by atoms with E-state index in [1.807, 2.05) is 48.7 Å². The molecule has 4 aromatic rings. The van der Waals surface area contributed by atoms with Crippen molar-refractivity contribution in [3.63, 3.8) is 0 Å². The molecule has 158 valence electrons. The first-order valence-electron chi connectivity index (χ1n) is 10.7. The van der Waals surface area contributed by atoms with E-state index in [4.69, 9.17) is 15.5 Å². The summed E-state index contributed by atoms with van der Waals surface area (Å²) in [7, 11) is 0. The summed E-state index contributed by atoms with van der Waals surface area (Å²) in [4.78, 5) is 18.0. The molecule has 0 N–H and O–H groups in total. The highest BCUT2D eigenvalue weighted by atomic mass is 16.1. The minimum atomic E-state index is -0.122. The number of benzene rings is 2. The second kappa shape index (κ2) is 9.32. The summed E-state index contributed by atoms with van der Waals surface area (Å²) in [5, 5.41) is 18.0. The average Bonchev–Trinajstić information content (AvgIpc) is 3.18. The number of rotatable bonds is 7. The first-order chi connectivity index (χ1) is 15.6. The number of imidazole rings is 1. The minimum absolute atomic E-state index is 0.122. The highest BCUT2D eigenvalue weighted by molar-refractivity contribution is 5.75. The van der Waals surface area contributed by atoms with E-state index in [0.29, 0.717) is 29.7 Å². The van der Waals surface area contributed by atoms with Crippen molar-refractivity contribution in [2.45, 2.75) is 39.3 Å². The van der Waals surface area contributed by atoms with Crippen LogP contribution in [0.1, 0.15) is 47.8 Å². The molecule has 0 aliphatic heterocycles. The maximum atomic E-state index is 13.2. The van der Waals surface area contributed by atoms with E-state index in [1.54, 1.807) is 16.7 Å². The maximum absolute atomic E-state index is 13.2. The van der Waals surface area contributed by atoms with Gasteiger partial charge in [-0.1, -0.05) is 37.6 Å². The fourth-order valence-electron chi connectivity index (χ4n) is 3.78. The van der Waals surface area contributed by atoms with E-state index >= 15 is 0 Å². The third-order valence-electron chi connectivity index (χ3n) is 5.58. The van der Waals surface area contributed by atoms with Crippen LogP contribution < -0.4 is 5.56 Å². The SMILES string of the molecule is CCCCc1nc2c(=O)n(Cc3ccc(C#N)cc3)ccc2n1Cc1ccc(C#N)cc1. The summed E-state index contributed by atoms with van der Waals surface area (Å²) in [5.41, 5.74) is 4.40. The zero-order valence-corrected chi connectivity index (χ0v) is 18.0. The van der Waals surface area contributed by atoms with Crippen LogP contribution in [0.25, 0.3) is 11.0 Å². The van der Waals surface area contributed by atoms with E-state index in [0.717, 1.165) is 41.7 Å². The highest BCUT2D eigenvalue weighted by Crippen LogP contribution is 2.18. The molecule has 0 atom stereocenters. The normalized spacial score (nSPS) is 10.7. The van der Waals surface area contributed by atoms with Crippen molar-refractivity contribution < 1.29 is 0 Å². The lowest BCUT2D eigenvalue weighted by Crippen LogP contribution is -2.20. The van der Waals surface area contributed by atoms with E-state index in [-0.39, 0.29) is 5.56 Å². The summed E-state index contributed by atoms with van der Waals surface area (Å²) in [6.45, 7) is 3.16. The number of pyridine rings is 1. The number of nitrogens with zero attached hydrogens (tertiary/aromatic N) is 5. The van der Waals surface area contributed by atoms with Gasteiger partial charge in [0.25, 0.3) is 5.56 Å². The molecule has 0 amide bonds. The molecule has 2 heterocycles. The number of unbranched alkanes of at least 4 members (excludes halogenated alkanes) is 1. The lowest BCUT2D eigenvalue weighted by atomic mass is 10.1. The molecular formula is C26H23N5O. The van der Waals surface area contributed by atoms with Gasteiger partial charge in [-0.3, -0.25) is 4.79 Å². The Hall–Kier alpha value is -4.16. The molecule has 0 unspecified atom stereocenters. The summed E-state index contributed by atoms with van der Waals surface area (Å²) in [6.07, 6.45) is 4.65. The van der Waals surface area contributed by atoms with Crippen LogP contribution in [0.3, 0.4) is 0 Å². The van der Waals surface area contributed by atoms with Gasteiger partial charge in [0.15, 0.2) is 5.52 Å². The number of aromatic nitrogens is 3. The van der Waals surface area contributed by atoms with Gasteiger partial charge in [-0.2, -0.15) is 10.5 Å². The number of fused-ring (bicyclic) bond motifs is 1. The van der Waals surface area contributed by atoms with Crippen molar-refractivity contribution >= 4 is 11.0 Å². The van der Waals surface area contributed by atoms with Gasteiger partial charge in [-0.15, -0.1) is 0 Å². The Morgan fingerprint density at radius 2 is 1.47 bits per heavy atom. The molecule has 0 fully saturated rings. The van der Waals surface area contributed by atoms with Crippen LogP contribution >= 0.6 is 0 Å². The van der Waals surface area contributed by atoms with Gasteiger partial charge in [-0.05, 0) is 47.9 Å². The monoisotopic (exact) mass is 421 g/mol. The number of nitriles is 2. The van der Waals surface area contributed by atoms with Gasteiger partial charge in [0, 0.05) is 19.2 Å². The standard InChI is InChI=1S/C26H23N5O/c1-2-3-4-24-29-25-23(31(24)18-22-11-7-20(16-28)8-12-22)13-14-30(26(25)32)17-21-9-5-19(15-27)6-10-21/h5-14H,2-4,17-18H2,1H3. The maximum Gasteiger partial charge on any atom is 0.278 e. The molecule has 2 aromatic heterocycles. The largest absolute Gasteiger partial charge is 0.323 e. The van der Waals surface area contributed by atoms with Crippen LogP contribution in [-0.2, 0) is 19.5 Å². The molecule has 0 spiro atoms. The Morgan fingerprint density at radius 1 is 0.875 bits per heavy atom. The van der Waals surface area contributed by atoms with Crippen molar-refractivity contribution in [1.82, 2.24) is 14.1 Å². The second-order valence-electron chi connectivity index (χ2n) is 7.82. The Balaban J connectivity index is 1.72. The fourth-order valence-corrected chi connectivity index (χ4v) is 3.78. The number of aryl methyl sites for hydroxylation is 1. The van der Waals surface area contributed by atoms with Crippen LogP contribution in [0.5, 0.6) is 0 Å². The van der Waals surface area contributed by atoms with E-state index < -0.39 is 0 Å². The Labute approximate surface area is 186 Å². The van der Waals surface area contributed by atoms with Gasteiger partial charge < -0.3 is 9.13 Å². The highest BCUT2D eigenvalue weighted by Gasteiger charge is 2.15. The molecular weight excluding hydrogens is 398 g/mol. The molecule has 6 nitrogen and oxygen atoms in total. The van der Waals surface area contributed by atoms with Gasteiger partial charge >= 0.3 is 0 Å². The zero-order valence-electron chi connectivity index (χ0n) is 18.0. The van der Waals surface area contributed by atoms with E-state index in [1.165, 1.54) is 0 Å². The summed E-state index contributed by atoms with van der Waals surface area (Å²) >= 11 is 0. The van der Waals surface area contributed by atoms with Crippen LogP contribution in [0.4, 0.5) is 0 Å². The molecule has 4 rings (SSSR count). The topological polar surface area (TPSA) is 87.4 Å². The molecule has 0 saturated carbocycles. The van der Waals surface area contributed by atoms with Crippen molar-refractivity contribution in [2.75, 3.05) is 0 Å². The minimum Gasteiger partial charge on any atom is -0.323 e. The molecule has 0 aliphatic rings. The van der Waals surface area contributed by atoms with Crippen molar-refractivity contribution in [3.05, 3.63) is 99.2 Å². The fraction of sp³-hybridized carbons (Fsp3) is 0.231. The van der Waals surface area contributed by atoms with Crippen LogP contribution in [0.2, 0.25) is 0 Å². The van der Waals surface area contributed by atoms with E-state index in [9.17, 15) is 4.79 Å². The van der Waals surface area contributed by atoms with Crippen molar-refractivity contribution in [2.24, 2.45) is 0 Å². The predicted molar refractivity (Wildman–Crippen MR) is 123 cm³/mol. The molecule has 2 aromatic carbocycles. The number of hydrogen-bond donors (Lipinski definition) is 0. The summed E-state index contributed by atoms with van der Waals surface area (Å²) in [6, 6.07) is 21.0. The predicted octanol–water partition coefficient (Wildman–Crippen LogP) is 4.38. The molecule has 0 saturated heterocycles. The molecule has 32 heavy (non-hydrogen) atoms. The zero-order chi connectivity index (χ0) is 22.5. The van der Waals surface area contributed by atoms with Crippen LogP contribution in [0.15, 0.2) is 65.6 Å². The molecule has 0 bridgehead atoms.